The van der Waals surface area contributed by atoms with E-state index in [1.165, 1.54) is 6.92 Å². The van der Waals surface area contributed by atoms with Crippen LogP contribution in [0.5, 0.6) is 11.5 Å². The fourth-order valence-corrected chi connectivity index (χ4v) is 3.37. The first-order valence-electron chi connectivity index (χ1n) is 9.31. The monoisotopic (exact) mass is 362 g/mol. The Morgan fingerprint density at radius 2 is 2.08 bits per heavy atom. The average Bonchev–Trinajstić information content (AvgIpc) is 2.64. The lowest BCUT2D eigenvalue weighted by molar-refractivity contribution is -0.135. The summed E-state index contributed by atoms with van der Waals surface area (Å²) in [5.74, 6) is 1.23. The van der Waals surface area contributed by atoms with Gasteiger partial charge < -0.3 is 20.1 Å². The Morgan fingerprint density at radius 1 is 1.31 bits per heavy atom. The van der Waals surface area contributed by atoms with Crippen LogP contribution in [0, 0.1) is 0 Å². The van der Waals surface area contributed by atoms with Crippen LogP contribution >= 0.6 is 0 Å². The van der Waals surface area contributed by atoms with Crippen LogP contribution in [0.15, 0.2) is 18.2 Å². The van der Waals surface area contributed by atoms with Crippen molar-refractivity contribution >= 4 is 11.7 Å². The molecule has 2 atom stereocenters. The quantitative estimate of drug-likeness (QED) is 0.568. The Labute approximate surface area is 155 Å². The van der Waals surface area contributed by atoms with Crippen molar-refractivity contribution in [3.63, 3.8) is 0 Å². The number of carbonyl (C=O) groups excluding carboxylic acids is 2. The first-order chi connectivity index (χ1) is 12.4. The molecule has 0 radical (unpaired) electrons. The number of Topliss-reactive ketones (excluding diaryl/α,β-unsaturated/α-hetero) is 1. The predicted octanol–water partition coefficient (Wildman–Crippen LogP) is 2.79. The molecule has 1 aliphatic rings. The minimum absolute atomic E-state index is 0.000415. The number of rotatable bonds is 8. The normalized spacial score (nSPS) is 18.3. The van der Waals surface area contributed by atoms with Crippen molar-refractivity contribution in [1.29, 1.82) is 0 Å². The fraction of sp³-hybridized carbons (Fsp3) is 0.600. The molecule has 1 aromatic carbocycles. The van der Waals surface area contributed by atoms with E-state index in [1.54, 1.807) is 25.3 Å². The van der Waals surface area contributed by atoms with E-state index < -0.39 is 0 Å². The molecule has 1 aromatic rings. The molecule has 2 N–H and O–H groups in total. The highest BCUT2D eigenvalue weighted by Crippen LogP contribution is 2.28. The van der Waals surface area contributed by atoms with Crippen LogP contribution in [0.1, 0.15) is 56.3 Å². The van der Waals surface area contributed by atoms with E-state index in [4.69, 9.17) is 15.2 Å². The second kappa shape index (κ2) is 9.57. The molecule has 1 saturated heterocycles. The number of hydrogen-bond acceptors (Lipinski definition) is 5. The van der Waals surface area contributed by atoms with Gasteiger partial charge in [0.05, 0.1) is 13.7 Å². The van der Waals surface area contributed by atoms with Crippen molar-refractivity contribution in [1.82, 2.24) is 4.90 Å². The van der Waals surface area contributed by atoms with Gasteiger partial charge >= 0.3 is 0 Å². The molecule has 0 aromatic heterocycles. The predicted molar refractivity (Wildman–Crippen MR) is 101 cm³/mol. The number of carbonyl (C=O) groups is 2. The van der Waals surface area contributed by atoms with Gasteiger partial charge in [-0.2, -0.15) is 0 Å². The van der Waals surface area contributed by atoms with Crippen LogP contribution in [0.2, 0.25) is 0 Å². The number of ether oxygens (including phenoxy) is 2. The van der Waals surface area contributed by atoms with E-state index >= 15 is 0 Å². The Hall–Kier alpha value is -2.08. The van der Waals surface area contributed by atoms with Crippen molar-refractivity contribution in [3.8, 4) is 11.5 Å². The van der Waals surface area contributed by atoms with Gasteiger partial charge in [-0.25, -0.2) is 0 Å². The molecule has 0 saturated carbocycles. The number of benzene rings is 1. The summed E-state index contributed by atoms with van der Waals surface area (Å²) in [5, 5.41) is 0. The van der Waals surface area contributed by atoms with Crippen molar-refractivity contribution < 1.29 is 19.1 Å². The third-order valence-electron chi connectivity index (χ3n) is 4.84. The molecular weight excluding hydrogens is 332 g/mol. The SMILES string of the molecule is COc1cc(C(C)=O)ccc1OCCCC(=O)N1CCCCC1C(C)N. The highest BCUT2D eigenvalue weighted by molar-refractivity contribution is 5.94. The Bertz CT molecular complexity index is 630. The summed E-state index contributed by atoms with van der Waals surface area (Å²) in [6, 6.07) is 5.26. The van der Waals surface area contributed by atoms with Gasteiger partial charge in [0.2, 0.25) is 5.91 Å². The third kappa shape index (κ3) is 5.21. The molecule has 2 unspecified atom stereocenters. The van der Waals surface area contributed by atoms with Crippen molar-refractivity contribution in [2.24, 2.45) is 5.73 Å². The van der Waals surface area contributed by atoms with Crippen LogP contribution in [-0.4, -0.2) is 48.9 Å². The molecule has 0 aliphatic carbocycles. The van der Waals surface area contributed by atoms with Gasteiger partial charge in [-0.05, 0) is 57.7 Å². The number of methoxy groups -OCH3 is 1. The second-order valence-corrected chi connectivity index (χ2v) is 6.88. The number of nitrogens with zero attached hydrogens (tertiary/aromatic N) is 1. The van der Waals surface area contributed by atoms with Gasteiger partial charge in [-0.1, -0.05) is 0 Å². The molecule has 6 nitrogen and oxygen atoms in total. The number of piperidine rings is 1. The topological polar surface area (TPSA) is 81.9 Å². The first-order valence-corrected chi connectivity index (χ1v) is 9.31. The lowest BCUT2D eigenvalue weighted by Gasteiger charge is -2.38. The minimum Gasteiger partial charge on any atom is -0.493 e. The molecule has 0 bridgehead atoms. The molecule has 26 heavy (non-hydrogen) atoms. The molecule has 1 aliphatic heterocycles. The molecule has 1 amide bonds. The number of ketones is 1. The maximum absolute atomic E-state index is 12.5. The zero-order chi connectivity index (χ0) is 19.1. The summed E-state index contributed by atoms with van der Waals surface area (Å²) in [6.07, 6.45) is 4.23. The van der Waals surface area contributed by atoms with E-state index in [2.05, 4.69) is 0 Å². The van der Waals surface area contributed by atoms with Crippen molar-refractivity contribution in [3.05, 3.63) is 23.8 Å². The van der Waals surface area contributed by atoms with Crippen LogP contribution in [0.3, 0.4) is 0 Å². The summed E-state index contributed by atoms with van der Waals surface area (Å²) < 4.78 is 11.0. The Balaban J connectivity index is 1.84. The van der Waals surface area contributed by atoms with Crippen molar-refractivity contribution in [2.75, 3.05) is 20.3 Å². The molecular formula is C20H30N2O4. The highest BCUT2D eigenvalue weighted by Gasteiger charge is 2.28. The Morgan fingerprint density at radius 3 is 2.73 bits per heavy atom. The highest BCUT2D eigenvalue weighted by atomic mass is 16.5. The molecule has 2 rings (SSSR count). The molecule has 6 heteroatoms. The maximum atomic E-state index is 12.5. The van der Waals surface area contributed by atoms with Gasteiger partial charge in [-0.15, -0.1) is 0 Å². The zero-order valence-electron chi connectivity index (χ0n) is 16.0. The van der Waals surface area contributed by atoms with Crippen LogP contribution in [0.25, 0.3) is 0 Å². The summed E-state index contributed by atoms with van der Waals surface area (Å²) in [5.41, 5.74) is 6.62. The lowest BCUT2D eigenvalue weighted by atomic mass is 9.96. The van der Waals surface area contributed by atoms with Crippen LogP contribution in [-0.2, 0) is 4.79 Å². The van der Waals surface area contributed by atoms with Gasteiger partial charge in [0.15, 0.2) is 17.3 Å². The first kappa shape index (κ1) is 20.2. The minimum atomic E-state index is -0.0225. The fourth-order valence-electron chi connectivity index (χ4n) is 3.37. The van der Waals surface area contributed by atoms with Crippen molar-refractivity contribution in [2.45, 2.75) is 58.0 Å². The summed E-state index contributed by atoms with van der Waals surface area (Å²) >= 11 is 0. The summed E-state index contributed by atoms with van der Waals surface area (Å²) in [7, 11) is 1.54. The van der Waals surface area contributed by atoms with Gasteiger partial charge in [-0.3, -0.25) is 9.59 Å². The second-order valence-electron chi connectivity index (χ2n) is 6.88. The van der Waals surface area contributed by atoms with Crippen LogP contribution < -0.4 is 15.2 Å². The number of nitrogens with two attached hydrogens (primary N) is 1. The van der Waals surface area contributed by atoms with E-state index in [0.717, 1.165) is 25.8 Å². The smallest absolute Gasteiger partial charge is 0.222 e. The van der Waals surface area contributed by atoms with E-state index in [1.807, 2.05) is 11.8 Å². The maximum Gasteiger partial charge on any atom is 0.222 e. The molecule has 1 fully saturated rings. The zero-order valence-corrected chi connectivity index (χ0v) is 16.0. The molecule has 0 spiro atoms. The van der Waals surface area contributed by atoms with E-state index in [0.29, 0.717) is 36.5 Å². The summed E-state index contributed by atoms with van der Waals surface area (Å²) in [4.78, 5) is 25.9. The van der Waals surface area contributed by atoms with E-state index in [-0.39, 0.29) is 23.8 Å². The number of likely N-dealkylation sites (tertiary alicyclic amines) is 1. The molecule has 144 valence electrons. The van der Waals surface area contributed by atoms with Gasteiger partial charge in [0.1, 0.15) is 0 Å². The largest absolute Gasteiger partial charge is 0.493 e. The van der Waals surface area contributed by atoms with E-state index in [9.17, 15) is 9.59 Å². The third-order valence-corrected chi connectivity index (χ3v) is 4.84. The average molecular weight is 362 g/mol. The Kier molecular flexibility index (Phi) is 7.45. The van der Waals surface area contributed by atoms with Gasteiger partial charge in [0.25, 0.3) is 0 Å². The number of hydrogen-bond donors (Lipinski definition) is 1. The molecule has 1 heterocycles. The standard InChI is InChI=1S/C20H30N2O4/c1-14(21)17-7-4-5-11-22(17)20(24)8-6-12-26-18-10-9-16(15(2)23)13-19(18)25-3/h9-10,13-14,17H,4-8,11-12,21H2,1-3H3. The number of amides is 1. The van der Waals surface area contributed by atoms with Crippen LogP contribution in [0.4, 0.5) is 0 Å². The van der Waals surface area contributed by atoms with Gasteiger partial charge in [0, 0.05) is 30.6 Å². The summed E-state index contributed by atoms with van der Waals surface area (Å²) in [6.45, 7) is 4.69. The lowest BCUT2D eigenvalue weighted by Crippen LogP contribution is -2.51.